The highest BCUT2D eigenvalue weighted by molar-refractivity contribution is 5.76. The number of nitrogens with one attached hydrogen (secondary N) is 3. The molecule has 1 aromatic carbocycles. The third-order valence-corrected chi connectivity index (χ3v) is 4.54. The average Bonchev–Trinajstić information content (AvgIpc) is 3.05. The quantitative estimate of drug-likeness (QED) is 0.675. The molecule has 0 aliphatic carbocycles. The molecule has 3 heterocycles. The monoisotopic (exact) mass is 324 g/mol. The molecule has 124 valence electrons. The van der Waals surface area contributed by atoms with Crippen molar-refractivity contribution in [2.24, 2.45) is 0 Å². The highest BCUT2D eigenvalue weighted by Gasteiger charge is 2.21. The van der Waals surface area contributed by atoms with Gasteiger partial charge >= 0.3 is 0 Å². The second-order valence-electron chi connectivity index (χ2n) is 6.33. The van der Waals surface area contributed by atoms with Gasteiger partial charge < -0.3 is 20.0 Å². The van der Waals surface area contributed by atoms with E-state index in [1.807, 2.05) is 6.07 Å². The van der Waals surface area contributed by atoms with Gasteiger partial charge in [0.15, 0.2) is 0 Å². The SMILES string of the molecule is Cc1cc(-c2nc3[nH]ccc3c(=O)[nH]2)ccc1[C@H]1CO[C@H](C)CN1. The highest BCUT2D eigenvalue weighted by atomic mass is 16.5. The molecule has 0 bridgehead atoms. The van der Waals surface area contributed by atoms with E-state index in [-0.39, 0.29) is 17.7 Å². The summed E-state index contributed by atoms with van der Waals surface area (Å²) >= 11 is 0. The van der Waals surface area contributed by atoms with Crippen LogP contribution in [0.4, 0.5) is 0 Å². The summed E-state index contributed by atoms with van der Waals surface area (Å²) in [7, 11) is 0. The van der Waals surface area contributed by atoms with Crippen molar-refractivity contribution in [3.05, 3.63) is 51.9 Å². The van der Waals surface area contributed by atoms with Gasteiger partial charge in [0, 0.05) is 18.3 Å². The number of benzene rings is 1. The smallest absolute Gasteiger partial charge is 0.260 e. The van der Waals surface area contributed by atoms with Crippen LogP contribution in [0.2, 0.25) is 0 Å². The summed E-state index contributed by atoms with van der Waals surface area (Å²) in [6, 6.07) is 8.07. The van der Waals surface area contributed by atoms with Crippen molar-refractivity contribution in [1.82, 2.24) is 20.3 Å². The van der Waals surface area contributed by atoms with Crippen LogP contribution < -0.4 is 10.9 Å². The first-order chi connectivity index (χ1) is 11.6. The minimum atomic E-state index is -0.130. The first kappa shape index (κ1) is 15.1. The van der Waals surface area contributed by atoms with Crippen LogP contribution in [0.3, 0.4) is 0 Å². The predicted molar refractivity (Wildman–Crippen MR) is 93.0 cm³/mol. The van der Waals surface area contributed by atoms with E-state index >= 15 is 0 Å². The van der Waals surface area contributed by atoms with Crippen molar-refractivity contribution in [3.63, 3.8) is 0 Å². The normalized spacial score (nSPS) is 21.2. The van der Waals surface area contributed by atoms with Gasteiger partial charge in [0.25, 0.3) is 5.56 Å². The molecule has 1 aliphatic heterocycles. The van der Waals surface area contributed by atoms with Crippen LogP contribution in [0.25, 0.3) is 22.4 Å². The van der Waals surface area contributed by atoms with E-state index in [1.54, 1.807) is 12.3 Å². The Labute approximate surface area is 139 Å². The molecular weight excluding hydrogens is 304 g/mol. The Morgan fingerprint density at radius 3 is 2.92 bits per heavy atom. The lowest BCUT2D eigenvalue weighted by atomic mass is 9.98. The number of aryl methyl sites for hydroxylation is 1. The zero-order valence-electron chi connectivity index (χ0n) is 13.7. The number of rotatable bonds is 2. The zero-order chi connectivity index (χ0) is 16.7. The molecule has 4 rings (SSSR count). The van der Waals surface area contributed by atoms with Crippen LogP contribution in [-0.4, -0.2) is 34.2 Å². The Balaban J connectivity index is 1.69. The van der Waals surface area contributed by atoms with Crippen LogP contribution in [0.1, 0.15) is 24.1 Å². The van der Waals surface area contributed by atoms with Gasteiger partial charge in [0.05, 0.1) is 24.1 Å². The maximum atomic E-state index is 12.1. The van der Waals surface area contributed by atoms with Gasteiger partial charge in [0.2, 0.25) is 0 Å². The summed E-state index contributed by atoms with van der Waals surface area (Å²) in [5.41, 5.74) is 3.74. The van der Waals surface area contributed by atoms with E-state index in [2.05, 4.69) is 46.2 Å². The van der Waals surface area contributed by atoms with Crippen LogP contribution in [-0.2, 0) is 4.74 Å². The van der Waals surface area contributed by atoms with Gasteiger partial charge in [-0.15, -0.1) is 0 Å². The molecule has 0 saturated carbocycles. The number of ether oxygens (including phenoxy) is 1. The lowest BCUT2D eigenvalue weighted by molar-refractivity contribution is 0.0148. The molecule has 2 aromatic heterocycles. The Morgan fingerprint density at radius 1 is 1.29 bits per heavy atom. The Hall–Kier alpha value is -2.44. The maximum Gasteiger partial charge on any atom is 0.260 e. The van der Waals surface area contributed by atoms with Gasteiger partial charge in [-0.2, -0.15) is 0 Å². The Morgan fingerprint density at radius 2 is 2.17 bits per heavy atom. The largest absolute Gasteiger partial charge is 0.375 e. The first-order valence-electron chi connectivity index (χ1n) is 8.15. The Kier molecular flexibility index (Phi) is 3.70. The maximum absolute atomic E-state index is 12.1. The summed E-state index contributed by atoms with van der Waals surface area (Å²) < 4.78 is 5.74. The molecule has 1 saturated heterocycles. The summed E-state index contributed by atoms with van der Waals surface area (Å²) in [6.45, 7) is 5.66. The molecule has 0 unspecified atom stereocenters. The molecule has 2 atom stereocenters. The van der Waals surface area contributed by atoms with E-state index in [0.29, 0.717) is 23.5 Å². The highest BCUT2D eigenvalue weighted by Crippen LogP contribution is 2.25. The van der Waals surface area contributed by atoms with Crippen LogP contribution in [0.5, 0.6) is 0 Å². The van der Waals surface area contributed by atoms with E-state index in [0.717, 1.165) is 17.7 Å². The number of hydrogen-bond acceptors (Lipinski definition) is 4. The van der Waals surface area contributed by atoms with E-state index in [1.165, 1.54) is 5.56 Å². The third-order valence-electron chi connectivity index (χ3n) is 4.54. The predicted octanol–water partition coefficient (Wildman–Crippen LogP) is 2.28. The number of hydrogen-bond donors (Lipinski definition) is 3. The number of H-pyrrole nitrogens is 2. The van der Waals surface area contributed by atoms with Crippen LogP contribution in [0.15, 0.2) is 35.3 Å². The van der Waals surface area contributed by atoms with Gasteiger partial charge in [-0.05, 0) is 37.1 Å². The molecule has 6 nitrogen and oxygen atoms in total. The average molecular weight is 324 g/mol. The molecule has 1 fully saturated rings. The van der Waals surface area contributed by atoms with Gasteiger partial charge in [-0.3, -0.25) is 4.79 Å². The van der Waals surface area contributed by atoms with Gasteiger partial charge in [-0.1, -0.05) is 12.1 Å². The molecule has 6 heteroatoms. The summed E-state index contributed by atoms with van der Waals surface area (Å²) in [6.07, 6.45) is 1.98. The lowest BCUT2D eigenvalue weighted by Crippen LogP contribution is -2.39. The van der Waals surface area contributed by atoms with Crippen molar-refractivity contribution in [1.29, 1.82) is 0 Å². The zero-order valence-corrected chi connectivity index (χ0v) is 13.7. The molecule has 3 N–H and O–H groups in total. The van der Waals surface area contributed by atoms with Crippen molar-refractivity contribution in [2.45, 2.75) is 26.0 Å². The van der Waals surface area contributed by atoms with Gasteiger partial charge in [0.1, 0.15) is 11.5 Å². The fourth-order valence-electron chi connectivity index (χ4n) is 3.19. The second-order valence-corrected chi connectivity index (χ2v) is 6.33. The molecule has 3 aromatic rings. The third kappa shape index (κ3) is 2.64. The molecule has 0 radical (unpaired) electrons. The summed E-state index contributed by atoms with van der Waals surface area (Å²) in [5.74, 6) is 0.575. The molecule has 0 amide bonds. The first-order valence-corrected chi connectivity index (χ1v) is 8.15. The van der Waals surface area contributed by atoms with Crippen molar-refractivity contribution < 1.29 is 4.74 Å². The fraction of sp³-hybridized carbons (Fsp3) is 0.333. The second kappa shape index (κ2) is 5.89. The molecule has 1 aliphatic rings. The van der Waals surface area contributed by atoms with E-state index in [9.17, 15) is 4.79 Å². The van der Waals surface area contributed by atoms with E-state index in [4.69, 9.17) is 4.74 Å². The molecule has 0 spiro atoms. The molecular formula is C18H20N4O2. The number of aromatic amines is 2. The van der Waals surface area contributed by atoms with Crippen LogP contribution >= 0.6 is 0 Å². The summed E-state index contributed by atoms with van der Waals surface area (Å²) in [4.78, 5) is 22.5. The number of fused-ring (bicyclic) bond motifs is 1. The topological polar surface area (TPSA) is 82.8 Å². The van der Waals surface area contributed by atoms with Crippen molar-refractivity contribution in [3.8, 4) is 11.4 Å². The number of nitrogens with zero attached hydrogens (tertiary/aromatic N) is 1. The minimum absolute atomic E-state index is 0.130. The van der Waals surface area contributed by atoms with Crippen molar-refractivity contribution in [2.75, 3.05) is 13.2 Å². The minimum Gasteiger partial charge on any atom is -0.375 e. The van der Waals surface area contributed by atoms with Gasteiger partial charge in [-0.25, -0.2) is 4.98 Å². The van der Waals surface area contributed by atoms with Crippen molar-refractivity contribution >= 4 is 11.0 Å². The fourth-order valence-corrected chi connectivity index (χ4v) is 3.19. The Bertz CT molecular complexity index is 936. The van der Waals surface area contributed by atoms with E-state index < -0.39 is 0 Å². The summed E-state index contributed by atoms with van der Waals surface area (Å²) in [5, 5.41) is 4.09. The standard InChI is InChI=1S/C18H20N4O2/c1-10-7-12(3-4-13(10)15-9-24-11(2)8-20-15)16-21-17-14(5-6-19-17)18(23)22-16/h3-7,11,15,20H,8-9H2,1-2H3,(H2,19,21,22,23)/t11-,15-/m1/s1. The van der Waals surface area contributed by atoms with Crippen LogP contribution in [0, 0.1) is 6.92 Å². The lowest BCUT2D eigenvalue weighted by Gasteiger charge is -2.29. The number of aromatic nitrogens is 3. The number of morpholine rings is 1. The molecule has 24 heavy (non-hydrogen) atoms.